The van der Waals surface area contributed by atoms with Gasteiger partial charge in [0.2, 0.25) is 0 Å². The van der Waals surface area contributed by atoms with Gasteiger partial charge in [-0.15, -0.1) is 0 Å². The molecule has 21 heavy (non-hydrogen) atoms. The zero-order valence-electron chi connectivity index (χ0n) is 12.2. The summed E-state index contributed by atoms with van der Waals surface area (Å²) in [5, 5.41) is 0.899. The van der Waals surface area contributed by atoms with Gasteiger partial charge >= 0.3 is 6.09 Å². The van der Waals surface area contributed by atoms with Crippen molar-refractivity contribution >= 4 is 22.2 Å². The van der Waals surface area contributed by atoms with Crippen LogP contribution in [0.25, 0.3) is 6.08 Å². The Bertz CT molecular complexity index is 625. The highest BCUT2D eigenvalue weighted by Gasteiger charge is 2.19. The number of amides is 1. The molecule has 114 valence electrons. The first kappa shape index (κ1) is 17.0. The third-order valence-electron chi connectivity index (χ3n) is 2.08. The quantitative estimate of drug-likeness (QED) is 0.868. The topological polar surface area (TPSA) is 72.5 Å². The van der Waals surface area contributed by atoms with Crippen molar-refractivity contribution in [2.45, 2.75) is 26.4 Å². The molecule has 0 heterocycles. The molecule has 0 aliphatic heterocycles. The lowest BCUT2D eigenvalue weighted by Gasteiger charge is -2.19. The first-order chi connectivity index (χ1) is 9.68. The zero-order chi connectivity index (χ0) is 15.9. The summed E-state index contributed by atoms with van der Waals surface area (Å²) in [5.41, 5.74) is 0.191. The number of carbonyl (C=O) groups excluding carboxylic acids is 1. The molecule has 0 aromatic heterocycles. The van der Waals surface area contributed by atoms with Gasteiger partial charge in [0, 0.05) is 0 Å². The van der Waals surface area contributed by atoms with Crippen molar-refractivity contribution in [2.75, 3.05) is 0 Å². The molecule has 0 saturated carbocycles. The predicted molar refractivity (Wildman–Crippen MR) is 82.9 cm³/mol. The van der Waals surface area contributed by atoms with E-state index in [1.165, 1.54) is 6.08 Å². The van der Waals surface area contributed by atoms with Gasteiger partial charge in [-0.25, -0.2) is 17.9 Å². The van der Waals surface area contributed by atoms with E-state index in [4.69, 9.17) is 4.74 Å². The zero-order valence-corrected chi connectivity index (χ0v) is 13.1. The minimum absolute atomic E-state index is 0.753. The van der Waals surface area contributed by atoms with Crippen LogP contribution in [0.2, 0.25) is 0 Å². The predicted octanol–water partition coefficient (Wildman–Crippen LogP) is 3.07. The second-order valence-corrected chi connectivity index (χ2v) is 6.81. The second kappa shape index (κ2) is 7.08. The number of sulfonamides is 1. The van der Waals surface area contributed by atoms with Gasteiger partial charge in [-0.2, -0.15) is 0 Å². The maximum atomic E-state index is 11.6. The minimum Gasteiger partial charge on any atom is -0.443 e. The van der Waals surface area contributed by atoms with Crippen LogP contribution in [0.1, 0.15) is 26.3 Å². The monoisotopic (exact) mass is 309 g/mol. The third kappa shape index (κ3) is 7.94. The van der Waals surface area contributed by atoms with Crippen molar-refractivity contribution in [3.05, 3.63) is 53.5 Å². The van der Waals surface area contributed by atoms with E-state index in [0.29, 0.717) is 0 Å². The molecule has 0 bridgehead atoms. The molecule has 5 nitrogen and oxygen atoms in total. The molecular weight excluding hydrogens is 290 g/mol. The van der Waals surface area contributed by atoms with E-state index in [1.54, 1.807) is 37.6 Å². The molecule has 1 amide bonds. The number of benzene rings is 1. The lowest BCUT2D eigenvalue weighted by atomic mass is 10.2. The van der Waals surface area contributed by atoms with Gasteiger partial charge in [0.1, 0.15) is 5.60 Å². The number of rotatable bonds is 4. The fraction of sp³-hybridized carbons (Fsp3) is 0.267. The molecule has 0 fully saturated rings. The van der Waals surface area contributed by atoms with Gasteiger partial charge in [-0.05, 0) is 32.4 Å². The van der Waals surface area contributed by atoms with Crippen molar-refractivity contribution in [1.29, 1.82) is 0 Å². The lowest BCUT2D eigenvalue weighted by molar-refractivity contribution is 0.0571. The Morgan fingerprint density at radius 2 is 1.76 bits per heavy atom. The number of hydrogen-bond acceptors (Lipinski definition) is 4. The van der Waals surface area contributed by atoms with Crippen LogP contribution in [0, 0.1) is 0 Å². The summed E-state index contributed by atoms with van der Waals surface area (Å²) in [6.07, 6.45) is 3.65. The van der Waals surface area contributed by atoms with Gasteiger partial charge in [-0.1, -0.05) is 42.5 Å². The summed E-state index contributed by atoms with van der Waals surface area (Å²) in [7, 11) is -3.86. The molecule has 0 saturated heterocycles. The normalized spacial score (nSPS) is 12.7. The molecule has 1 aromatic rings. The standard InChI is InChI=1S/C15H19NO4S/c1-15(2,3)20-14(17)16-21(18,19)12-8-7-11-13-9-5-4-6-10-13/h4-12H,1-3H3,(H,16,17)/b11-7+,12-8+. The first-order valence-corrected chi connectivity index (χ1v) is 7.88. The van der Waals surface area contributed by atoms with Gasteiger partial charge in [0.15, 0.2) is 0 Å². The Morgan fingerprint density at radius 3 is 2.33 bits per heavy atom. The maximum Gasteiger partial charge on any atom is 0.421 e. The highest BCUT2D eigenvalue weighted by molar-refractivity contribution is 7.92. The Balaban J connectivity index is 2.58. The van der Waals surface area contributed by atoms with Crippen molar-refractivity contribution in [1.82, 2.24) is 4.72 Å². The van der Waals surface area contributed by atoms with Crippen LogP contribution in [0.4, 0.5) is 4.79 Å². The highest BCUT2D eigenvalue weighted by Crippen LogP contribution is 2.07. The number of ether oxygens (including phenoxy) is 1. The Labute approximate surface area is 125 Å². The largest absolute Gasteiger partial charge is 0.443 e. The molecule has 0 aliphatic rings. The van der Waals surface area contributed by atoms with Gasteiger partial charge in [0.25, 0.3) is 10.0 Å². The van der Waals surface area contributed by atoms with Crippen molar-refractivity contribution in [3.8, 4) is 0 Å². The average Bonchev–Trinajstić information content (AvgIpc) is 2.33. The number of allylic oxidation sites excluding steroid dienone is 2. The van der Waals surface area contributed by atoms with Crippen LogP contribution in [0.5, 0.6) is 0 Å². The summed E-state index contributed by atoms with van der Waals surface area (Å²) in [6, 6.07) is 9.42. The first-order valence-electron chi connectivity index (χ1n) is 6.33. The summed E-state index contributed by atoms with van der Waals surface area (Å²) >= 11 is 0. The molecule has 1 N–H and O–H groups in total. The molecule has 0 aliphatic carbocycles. The van der Waals surface area contributed by atoms with E-state index >= 15 is 0 Å². The smallest absolute Gasteiger partial charge is 0.421 e. The van der Waals surface area contributed by atoms with E-state index in [1.807, 2.05) is 30.3 Å². The Morgan fingerprint density at radius 1 is 1.14 bits per heavy atom. The molecule has 6 heteroatoms. The van der Waals surface area contributed by atoms with Crippen LogP contribution in [0.3, 0.4) is 0 Å². The lowest BCUT2D eigenvalue weighted by Crippen LogP contribution is -2.35. The van der Waals surface area contributed by atoms with E-state index in [2.05, 4.69) is 0 Å². The summed E-state index contributed by atoms with van der Waals surface area (Å²) in [5.74, 6) is 0. The van der Waals surface area contributed by atoms with Gasteiger partial charge in [-0.3, -0.25) is 0 Å². The van der Waals surface area contributed by atoms with Gasteiger partial charge in [0.05, 0.1) is 5.41 Å². The molecule has 1 rings (SSSR count). The Hall–Kier alpha value is -2.08. The number of nitrogens with one attached hydrogen (secondary N) is 1. The number of hydrogen-bond donors (Lipinski definition) is 1. The van der Waals surface area contributed by atoms with Crippen molar-refractivity contribution < 1.29 is 17.9 Å². The SMILES string of the molecule is CC(C)(C)OC(=O)NS(=O)(=O)/C=C/C=C/c1ccccc1. The van der Waals surface area contributed by atoms with Crippen LogP contribution >= 0.6 is 0 Å². The van der Waals surface area contributed by atoms with E-state index in [-0.39, 0.29) is 0 Å². The van der Waals surface area contributed by atoms with E-state index < -0.39 is 21.7 Å². The van der Waals surface area contributed by atoms with Crippen LogP contribution < -0.4 is 4.72 Å². The van der Waals surface area contributed by atoms with E-state index in [0.717, 1.165) is 11.0 Å². The molecular formula is C15H19NO4S. The van der Waals surface area contributed by atoms with Crippen LogP contribution in [0.15, 0.2) is 47.9 Å². The molecule has 0 radical (unpaired) electrons. The summed E-state index contributed by atoms with van der Waals surface area (Å²) < 4.78 is 29.9. The molecule has 0 spiro atoms. The van der Waals surface area contributed by atoms with Crippen LogP contribution in [-0.2, 0) is 14.8 Å². The fourth-order valence-electron chi connectivity index (χ4n) is 1.33. The highest BCUT2D eigenvalue weighted by atomic mass is 32.2. The van der Waals surface area contributed by atoms with Crippen LogP contribution in [-0.4, -0.2) is 20.1 Å². The van der Waals surface area contributed by atoms with Crippen molar-refractivity contribution in [2.24, 2.45) is 0 Å². The average molecular weight is 309 g/mol. The summed E-state index contributed by atoms with van der Waals surface area (Å²) in [6.45, 7) is 4.95. The molecule has 0 unspecified atom stereocenters. The third-order valence-corrected chi connectivity index (χ3v) is 3.05. The minimum atomic E-state index is -3.86. The van der Waals surface area contributed by atoms with E-state index in [9.17, 15) is 13.2 Å². The second-order valence-electron chi connectivity index (χ2n) is 5.25. The molecule has 0 atom stereocenters. The fourth-order valence-corrected chi connectivity index (χ4v) is 1.97. The molecule has 1 aromatic carbocycles. The Kier molecular flexibility index (Phi) is 5.72. The van der Waals surface area contributed by atoms with Gasteiger partial charge < -0.3 is 4.74 Å². The van der Waals surface area contributed by atoms with Crippen molar-refractivity contribution in [3.63, 3.8) is 0 Å². The number of carbonyl (C=O) groups is 1. The summed E-state index contributed by atoms with van der Waals surface area (Å²) in [4.78, 5) is 11.4. The maximum absolute atomic E-state index is 11.6.